The summed E-state index contributed by atoms with van der Waals surface area (Å²) in [6.45, 7) is 14.6. The molecule has 0 radical (unpaired) electrons. The monoisotopic (exact) mass is 343 g/mol. The van der Waals surface area contributed by atoms with E-state index in [1.807, 2.05) is 12.1 Å². The Kier molecular flexibility index (Phi) is 7.21. The van der Waals surface area contributed by atoms with Crippen LogP contribution in [0.25, 0.3) is 5.57 Å². The van der Waals surface area contributed by atoms with E-state index in [4.69, 9.17) is 0 Å². The first-order chi connectivity index (χ1) is 11.9. The minimum Gasteiger partial charge on any atom is -0.351 e. The van der Waals surface area contributed by atoms with Gasteiger partial charge in [0.05, 0.1) is 0 Å². The van der Waals surface area contributed by atoms with Gasteiger partial charge in [-0.2, -0.15) is 0 Å². The minimum absolute atomic E-state index is 0.0253. The van der Waals surface area contributed by atoms with Crippen molar-refractivity contribution in [3.8, 4) is 0 Å². The molecule has 25 heavy (non-hydrogen) atoms. The van der Waals surface area contributed by atoms with Crippen molar-refractivity contribution in [3.05, 3.63) is 40.5 Å². The second-order valence-corrected chi connectivity index (χ2v) is 7.19. The second kappa shape index (κ2) is 9.16. The third kappa shape index (κ3) is 5.41. The molecule has 4 heteroatoms. The predicted molar refractivity (Wildman–Crippen MR) is 106 cm³/mol. The van der Waals surface area contributed by atoms with Crippen LogP contribution in [0, 0.1) is 6.92 Å². The SMILES string of the molecule is CC/C(C)=C(/C)c1cc(C(=O)NCCN2CCN(C)CC2)ccc1C. The van der Waals surface area contributed by atoms with Crippen LogP contribution >= 0.6 is 0 Å². The van der Waals surface area contributed by atoms with Crippen molar-refractivity contribution < 1.29 is 4.79 Å². The fourth-order valence-corrected chi connectivity index (χ4v) is 3.16. The number of nitrogens with zero attached hydrogens (tertiary/aromatic N) is 2. The van der Waals surface area contributed by atoms with Gasteiger partial charge in [-0.3, -0.25) is 9.69 Å². The van der Waals surface area contributed by atoms with Crippen LogP contribution < -0.4 is 5.32 Å². The molecule has 0 aromatic heterocycles. The first-order valence-electron chi connectivity index (χ1n) is 9.38. The van der Waals surface area contributed by atoms with Crippen LogP contribution in [0.2, 0.25) is 0 Å². The maximum atomic E-state index is 12.5. The smallest absolute Gasteiger partial charge is 0.251 e. The molecule has 0 atom stereocenters. The summed E-state index contributed by atoms with van der Waals surface area (Å²) in [6, 6.07) is 6.02. The number of aryl methyl sites for hydroxylation is 1. The van der Waals surface area contributed by atoms with Crippen molar-refractivity contribution in [1.82, 2.24) is 15.1 Å². The summed E-state index contributed by atoms with van der Waals surface area (Å²) in [4.78, 5) is 17.3. The zero-order chi connectivity index (χ0) is 18.4. The number of likely N-dealkylation sites (N-methyl/N-ethyl adjacent to an activating group) is 1. The van der Waals surface area contributed by atoms with Crippen LogP contribution in [-0.4, -0.2) is 62.0 Å². The van der Waals surface area contributed by atoms with E-state index in [2.05, 4.69) is 55.9 Å². The van der Waals surface area contributed by atoms with Crippen molar-refractivity contribution in [2.24, 2.45) is 0 Å². The third-order valence-corrected chi connectivity index (χ3v) is 5.38. The maximum absolute atomic E-state index is 12.5. The van der Waals surface area contributed by atoms with Gasteiger partial charge in [-0.15, -0.1) is 0 Å². The molecule has 2 rings (SSSR count). The highest BCUT2D eigenvalue weighted by Gasteiger charge is 2.14. The Labute approximate surface area is 152 Å². The Hall–Kier alpha value is -1.65. The Balaban J connectivity index is 1.95. The molecule has 1 amide bonds. The lowest BCUT2D eigenvalue weighted by atomic mass is 9.95. The number of benzene rings is 1. The highest BCUT2D eigenvalue weighted by molar-refractivity contribution is 5.95. The Morgan fingerprint density at radius 1 is 1.16 bits per heavy atom. The quantitative estimate of drug-likeness (QED) is 0.862. The molecule has 0 bridgehead atoms. The van der Waals surface area contributed by atoms with E-state index in [0.29, 0.717) is 6.54 Å². The fraction of sp³-hybridized carbons (Fsp3) is 0.571. The molecule has 4 nitrogen and oxygen atoms in total. The van der Waals surface area contributed by atoms with Crippen molar-refractivity contribution in [2.75, 3.05) is 46.3 Å². The van der Waals surface area contributed by atoms with E-state index in [0.717, 1.165) is 44.7 Å². The summed E-state index contributed by atoms with van der Waals surface area (Å²) < 4.78 is 0. The molecule has 0 unspecified atom stereocenters. The predicted octanol–water partition coefficient (Wildman–Crippen LogP) is 3.18. The summed E-state index contributed by atoms with van der Waals surface area (Å²) in [5.74, 6) is 0.0253. The number of carbonyl (C=O) groups is 1. The van der Waals surface area contributed by atoms with Crippen LogP contribution in [-0.2, 0) is 0 Å². The van der Waals surface area contributed by atoms with Crippen molar-refractivity contribution in [3.63, 3.8) is 0 Å². The van der Waals surface area contributed by atoms with Crippen molar-refractivity contribution in [1.29, 1.82) is 0 Å². The van der Waals surface area contributed by atoms with Gasteiger partial charge in [0.2, 0.25) is 0 Å². The van der Waals surface area contributed by atoms with E-state index in [9.17, 15) is 4.79 Å². The fourth-order valence-electron chi connectivity index (χ4n) is 3.16. The number of amides is 1. The van der Waals surface area contributed by atoms with E-state index in [1.54, 1.807) is 0 Å². The Bertz CT molecular complexity index is 628. The largest absolute Gasteiger partial charge is 0.351 e. The number of piperazine rings is 1. The van der Waals surface area contributed by atoms with Gasteiger partial charge in [-0.25, -0.2) is 0 Å². The summed E-state index contributed by atoms with van der Waals surface area (Å²) in [7, 11) is 2.16. The number of rotatable bonds is 6. The topological polar surface area (TPSA) is 35.6 Å². The van der Waals surface area contributed by atoms with E-state index in [1.165, 1.54) is 22.3 Å². The summed E-state index contributed by atoms with van der Waals surface area (Å²) in [5.41, 5.74) is 5.82. The molecule has 0 spiro atoms. The number of nitrogens with one attached hydrogen (secondary N) is 1. The summed E-state index contributed by atoms with van der Waals surface area (Å²) in [6.07, 6.45) is 1.03. The van der Waals surface area contributed by atoms with Gasteiger partial charge in [0.15, 0.2) is 0 Å². The molecule has 1 N–H and O–H groups in total. The molecule has 138 valence electrons. The van der Waals surface area contributed by atoms with Gasteiger partial charge in [-0.1, -0.05) is 18.6 Å². The van der Waals surface area contributed by atoms with Gasteiger partial charge < -0.3 is 10.2 Å². The molecule has 1 saturated heterocycles. The Morgan fingerprint density at radius 2 is 1.84 bits per heavy atom. The van der Waals surface area contributed by atoms with Gasteiger partial charge in [-0.05, 0) is 63.1 Å². The standard InChI is InChI=1S/C21H33N3O/c1-6-16(2)18(4)20-15-19(8-7-17(20)3)21(25)22-9-10-24-13-11-23(5)12-14-24/h7-8,15H,6,9-14H2,1-5H3,(H,22,25)/b18-16-. The number of allylic oxidation sites excluding steroid dienone is 2. The molecule has 1 aromatic rings. The summed E-state index contributed by atoms with van der Waals surface area (Å²) in [5, 5.41) is 3.08. The zero-order valence-electron chi connectivity index (χ0n) is 16.5. The van der Waals surface area contributed by atoms with E-state index < -0.39 is 0 Å². The highest BCUT2D eigenvalue weighted by atomic mass is 16.1. The lowest BCUT2D eigenvalue weighted by Crippen LogP contribution is -2.46. The van der Waals surface area contributed by atoms with Gasteiger partial charge in [0.1, 0.15) is 0 Å². The lowest BCUT2D eigenvalue weighted by Gasteiger charge is -2.32. The molecule has 1 aromatic carbocycles. The van der Waals surface area contributed by atoms with Crippen LogP contribution in [0.3, 0.4) is 0 Å². The molecule has 1 aliphatic heterocycles. The number of hydrogen-bond acceptors (Lipinski definition) is 3. The first kappa shape index (κ1) is 19.7. The highest BCUT2D eigenvalue weighted by Crippen LogP contribution is 2.24. The maximum Gasteiger partial charge on any atom is 0.251 e. The van der Waals surface area contributed by atoms with E-state index >= 15 is 0 Å². The van der Waals surface area contributed by atoms with Crippen molar-refractivity contribution in [2.45, 2.75) is 34.1 Å². The average Bonchev–Trinajstić information content (AvgIpc) is 2.62. The first-order valence-corrected chi connectivity index (χ1v) is 9.38. The van der Waals surface area contributed by atoms with Crippen LogP contribution in [0.1, 0.15) is 48.7 Å². The molecule has 1 aliphatic rings. The van der Waals surface area contributed by atoms with Crippen molar-refractivity contribution >= 4 is 11.5 Å². The molecule has 1 fully saturated rings. The van der Waals surface area contributed by atoms with Gasteiger partial charge in [0, 0.05) is 44.8 Å². The molecule has 0 saturated carbocycles. The number of hydrogen-bond donors (Lipinski definition) is 1. The zero-order valence-corrected chi connectivity index (χ0v) is 16.5. The molecular formula is C21H33N3O. The normalized spacial score (nSPS) is 17.3. The van der Waals surface area contributed by atoms with Gasteiger partial charge >= 0.3 is 0 Å². The molecule has 1 heterocycles. The van der Waals surface area contributed by atoms with E-state index in [-0.39, 0.29) is 5.91 Å². The van der Waals surface area contributed by atoms with Crippen LogP contribution in [0.5, 0.6) is 0 Å². The second-order valence-electron chi connectivity index (χ2n) is 7.19. The van der Waals surface area contributed by atoms with Crippen LogP contribution in [0.15, 0.2) is 23.8 Å². The Morgan fingerprint density at radius 3 is 2.48 bits per heavy atom. The average molecular weight is 344 g/mol. The third-order valence-electron chi connectivity index (χ3n) is 5.38. The van der Waals surface area contributed by atoms with Crippen LogP contribution in [0.4, 0.5) is 0 Å². The molecular weight excluding hydrogens is 310 g/mol. The summed E-state index contributed by atoms with van der Waals surface area (Å²) >= 11 is 0. The lowest BCUT2D eigenvalue weighted by molar-refractivity contribution is 0.0941. The molecule has 0 aliphatic carbocycles. The van der Waals surface area contributed by atoms with Gasteiger partial charge in [0.25, 0.3) is 5.91 Å². The number of carbonyl (C=O) groups excluding carboxylic acids is 1. The minimum atomic E-state index is 0.0253.